The van der Waals surface area contributed by atoms with Crippen molar-refractivity contribution in [1.29, 1.82) is 0 Å². The third-order valence-electron chi connectivity index (χ3n) is 15.0. The molecule has 0 aromatic heterocycles. The summed E-state index contributed by atoms with van der Waals surface area (Å²) in [7, 11) is 0. The molecule has 4 saturated carbocycles. The quantitative estimate of drug-likeness (QED) is 0.170. The topological polar surface area (TPSA) is 199 Å². The zero-order valence-electron chi connectivity index (χ0n) is 31.5. The van der Waals surface area contributed by atoms with E-state index in [1.807, 2.05) is 13.8 Å². The Labute approximate surface area is 303 Å². The van der Waals surface area contributed by atoms with Gasteiger partial charge in [-0.15, -0.1) is 0 Å². The fraction of sp³-hybridized carbons (Fsp3) is 0.949. The minimum atomic E-state index is -1.43. The second kappa shape index (κ2) is 15.1. The van der Waals surface area contributed by atoms with E-state index in [-0.39, 0.29) is 52.4 Å². The van der Waals surface area contributed by atoms with Crippen LogP contribution in [-0.2, 0) is 18.9 Å². The van der Waals surface area contributed by atoms with Crippen LogP contribution in [-0.4, -0.2) is 127 Å². The molecular formula is C39H66O12. The van der Waals surface area contributed by atoms with E-state index < -0.39 is 79.7 Å². The highest BCUT2D eigenvalue weighted by Crippen LogP contribution is 2.69. The van der Waals surface area contributed by atoms with Gasteiger partial charge in [-0.05, 0) is 119 Å². The minimum Gasteiger partial charge on any atom is -0.393 e. The van der Waals surface area contributed by atoms with Gasteiger partial charge in [-0.1, -0.05) is 32.4 Å². The Morgan fingerprint density at radius 1 is 0.765 bits per heavy atom. The maximum atomic E-state index is 11.6. The highest BCUT2D eigenvalue weighted by Gasteiger charge is 2.66. The number of rotatable bonds is 8. The second-order valence-electron chi connectivity index (χ2n) is 18.1. The molecule has 8 N–H and O–H groups in total. The molecule has 6 rings (SSSR count). The van der Waals surface area contributed by atoms with Crippen LogP contribution in [0.2, 0.25) is 0 Å². The highest BCUT2D eigenvalue weighted by atomic mass is 16.7. The van der Waals surface area contributed by atoms with E-state index in [0.29, 0.717) is 25.7 Å². The van der Waals surface area contributed by atoms with Crippen molar-refractivity contribution in [3.05, 3.63) is 11.6 Å². The maximum absolute atomic E-state index is 11.6. The standard InChI is InChI=1S/C39H66O12/c1-17(2)8-11-26(41)18(3)29-27(50-36-34(46)32(44)30(42)19(4)48-36)16-25-23-10-9-21-14-22(40)15-28(39(21,7)24(23)12-13-38(25,29)6)51-37-35(47)33(45)31(43)20(5)49-37/h8,18-37,40-47H,9-16H2,1-7H3/t18-,19+,20+,21+,22-,23-,24+,25+,26+,27+,28-,29+,30+,31+,32-,33-,34-,35-,36+,37+,38+,39+/m1/s1. The molecule has 294 valence electrons. The predicted molar refractivity (Wildman–Crippen MR) is 186 cm³/mol. The van der Waals surface area contributed by atoms with Gasteiger partial charge in [-0.2, -0.15) is 0 Å². The zero-order chi connectivity index (χ0) is 37.3. The van der Waals surface area contributed by atoms with E-state index in [1.54, 1.807) is 13.8 Å². The lowest BCUT2D eigenvalue weighted by Gasteiger charge is -2.63. The Bertz CT molecular complexity index is 1230. The summed E-state index contributed by atoms with van der Waals surface area (Å²) in [6, 6.07) is 0. The molecule has 0 aromatic carbocycles. The number of fused-ring (bicyclic) bond motifs is 5. The molecule has 51 heavy (non-hydrogen) atoms. The molecule has 6 fully saturated rings. The zero-order valence-corrected chi connectivity index (χ0v) is 31.5. The van der Waals surface area contributed by atoms with Crippen LogP contribution in [0.3, 0.4) is 0 Å². The van der Waals surface area contributed by atoms with E-state index in [2.05, 4.69) is 26.8 Å². The van der Waals surface area contributed by atoms with Crippen LogP contribution in [0.4, 0.5) is 0 Å². The van der Waals surface area contributed by atoms with Crippen LogP contribution in [0.1, 0.15) is 99.8 Å². The molecule has 6 aliphatic rings. The summed E-state index contributed by atoms with van der Waals surface area (Å²) in [5.74, 6) is 0.657. The van der Waals surface area contributed by atoms with Gasteiger partial charge in [0, 0.05) is 6.42 Å². The summed E-state index contributed by atoms with van der Waals surface area (Å²) in [5.41, 5.74) is 0.557. The number of aliphatic hydroxyl groups excluding tert-OH is 8. The van der Waals surface area contributed by atoms with Crippen molar-refractivity contribution >= 4 is 0 Å². The Morgan fingerprint density at radius 2 is 1.35 bits per heavy atom. The first-order chi connectivity index (χ1) is 23.9. The van der Waals surface area contributed by atoms with Crippen LogP contribution in [0.25, 0.3) is 0 Å². The Kier molecular flexibility index (Phi) is 11.8. The van der Waals surface area contributed by atoms with E-state index in [4.69, 9.17) is 18.9 Å². The van der Waals surface area contributed by atoms with Gasteiger partial charge in [0.2, 0.25) is 0 Å². The lowest BCUT2D eigenvalue weighted by Crippen LogP contribution is -2.63. The molecule has 22 atom stereocenters. The Hall–Kier alpha value is -0.740. The molecule has 0 unspecified atom stereocenters. The third kappa shape index (κ3) is 7.01. The summed E-state index contributed by atoms with van der Waals surface area (Å²) in [5, 5.41) is 86.4. The van der Waals surface area contributed by atoms with E-state index in [9.17, 15) is 40.9 Å². The first-order valence-electron chi connectivity index (χ1n) is 19.6. The fourth-order valence-corrected chi connectivity index (χ4v) is 12.0. The minimum absolute atomic E-state index is 0.0787. The van der Waals surface area contributed by atoms with Gasteiger partial charge in [0.05, 0.1) is 36.6 Å². The molecule has 4 aliphatic carbocycles. The molecule has 12 heteroatoms. The van der Waals surface area contributed by atoms with E-state index in [0.717, 1.165) is 31.3 Å². The SMILES string of the molecule is CC(C)=CC[C@H](O)[C@@H](C)[C@H]1[C@@H](O[C@@H]2O[C@@H](C)[C@H](O)[C@@H](O)[C@H]2O)C[C@H]2[C@@H]3CC[C@H]4C[C@@H](O)C[C@@H](O[C@@H]5O[C@@H](C)[C@H](O)[C@@H](O)[C@H]5O)[C@]4(C)[C@H]3CC[C@]12C. The summed E-state index contributed by atoms with van der Waals surface area (Å²) >= 11 is 0. The lowest BCUT2D eigenvalue weighted by molar-refractivity contribution is -0.328. The molecule has 2 saturated heterocycles. The van der Waals surface area contributed by atoms with Crippen LogP contribution < -0.4 is 0 Å². The van der Waals surface area contributed by atoms with E-state index in [1.165, 1.54) is 0 Å². The second-order valence-corrected chi connectivity index (χ2v) is 18.1. The average molecular weight is 727 g/mol. The fourth-order valence-electron chi connectivity index (χ4n) is 12.0. The lowest BCUT2D eigenvalue weighted by atomic mass is 9.43. The first kappa shape index (κ1) is 39.9. The maximum Gasteiger partial charge on any atom is 0.186 e. The third-order valence-corrected chi connectivity index (χ3v) is 15.0. The molecule has 0 aromatic rings. The van der Waals surface area contributed by atoms with Gasteiger partial charge >= 0.3 is 0 Å². The smallest absolute Gasteiger partial charge is 0.186 e. The molecule has 12 nitrogen and oxygen atoms in total. The first-order valence-corrected chi connectivity index (χ1v) is 19.6. The van der Waals surface area contributed by atoms with Gasteiger partial charge in [0.1, 0.15) is 36.6 Å². The monoisotopic (exact) mass is 726 g/mol. The van der Waals surface area contributed by atoms with Crippen LogP contribution in [0, 0.1) is 46.3 Å². The van der Waals surface area contributed by atoms with Crippen molar-refractivity contribution in [2.45, 2.75) is 186 Å². The van der Waals surface area contributed by atoms with Crippen molar-refractivity contribution < 1.29 is 59.8 Å². The summed E-state index contributed by atoms with van der Waals surface area (Å²) in [6.07, 6.45) is -5.96. The number of ether oxygens (including phenoxy) is 4. The molecular weight excluding hydrogens is 660 g/mol. The van der Waals surface area contributed by atoms with Crippen molar-refractivity contribution in [3.8, 4) is 0 Å². The normalized spacial score (nSPS) is 54.1. The number of aliphatic hydroxyl groups is 8. The van der Waals surface area contributed by atoms with Crippen LogP contribution in [0.15, 0.2) is 11.6 Å². The average Bonchev–Trinajstić information content (AvgIpc) is 3.38. The van der Waals surface area contributed by atoms with E-state index >= 15 is 0 Å². The molecule has 2 aliphatic heterocycles. The summed E-state index contributed by atoms with van der Waals surface area (Å²) < 4.78 is 25.2. The largest absolute Gasteiger partial charge is 0.393 e. The molecule has 0 bridgehead atoms. The van der Waals surface area contributed by atoms with Crippen LogP contribution in [0.5, 0.6) is 0 Å². The van der Waals surface area contributed by atoms with Crippen LogP contribution >= 0.6 is 0 Å². The van der Waals surface area contributed by atoms with Crippen molar-refractivity contribution in [3.63, 3.8) is 0 Å². The van der Waals surface area contributed by atoms with Gasteiger partial charge in [-0.25, -0.2) is 0 Å². The van der Waals surface area contributed by atoms with Crippen molar-refractivity contribution in [2.24, 2.45) is 46.3 Å². The molecule has 2 heterocycles. The molecule has 0 radical (unpaired) electrons. The van der Waals surface area contributed by atoms with Crippen molar-refractivity contribution in [1.82, 2.24) is 0 Å². The summed E-state index contributed by atoms with van der Waals surface area (Å²) in [4.78, 5) is 0. The number of allylic oxidation sites excluding steroid dienone is 1. The molecule has 0 amide bonds. The highest BCUT2D eigenvalue weighted by molar-refractivity contribution is 5.15. The molecule has 0 spiro atoms. The Balaban J connectivity index is 1.30. The van der Waals surface area contributed by atoms with Gasteiger partial charge < -0.3 is 59.8 Å². The summed E-state index contributed by atoms with van der Waals surface area (Å²) in [6.45, 7) is 14.0. The van der Waals surface area contributed by atoms with Crippen molar-refractivity contribution in [2.75, 3.05) is 0 Å². The van der Waals surface area contributed by atoms with Gasteiger partial charge in [0.25, 0.3) is 0 Å². The Morgan fingerprint density at radius 3 is 1.94 bits per heavy atom. The van der Waals surface area contributed by atoms with Gasteiger partial charge in [0.15, 0.2) is 12.6 Å². The predicted octanol–water partition coefficient (Wildman–Crippen LogP) is 2.00. The number of hydrogen-bond acceptors (Lipinski definition) is 12. The van der Waals surface area contributed by atoms with Gasteiger partial charge in [-0.3, -0.25) is 0 Å². The number of hydrogen-bond donors (Lipinski definition) is 8.